The first-order chi connectivity index (χ1) is 7.36. The second-order valence-electron chi connectivity index (χ2n) is 3.42. The summed E-state index contributed by atoms with van der Waals surface area (Å²) >= 11 is 0. The van der Waals surface area contributed by atoms with Crippen LogP contribution in [0.1, 0.15) is 10.4 Å². The van der Waals surface area contributed by atoms with E-state index in [0.29, 0.717) is 5.56 Å². The molecule has 0 aromatic carbocycles. The standard InChI is InChI=1S/C10H14N4O/c15-10(8-1-3-11-4-2-8)14-9-7-12-5-6-13-9/h1-4,9,12-13H,5-7H2,(H,14,15). The highest BCUT2D eigenvalue weighted by atomic mass is 16.1. The van der Waals surface area contributed by atoms with Gasteiger partial charge in [0.1, 0.15) is 0 Å². The molecule has 1 aliphatic heterocycles. The monoisotopic (exact) mass is 206 g/mol. The molecule has 0 spiro atoms. The minimum atomic E-state index is -0.0707. The molecule has 1 aromatic rings. The number of carbonyl (C=O) groups excluding carboxylic acids is 1. The van der Waals surface area contributed by atoms with Gasteiger partial charge in [-0.1, -0.05) is 0 Å². The minimum Gasteiger partial charge on any atom is -0.335 e. The molecule has 1 aromatic heterocycles. The minimum absolute atomic E-state index is 0.0133. The first-order valence-corrected chi connectivity index (χ1v) is 5.01. The van der Waals surface area contributed by atoms with E-state index in [4.69, 9.17) is 0 Å². The molecule has 0 radical (unpaired) electrons. The number of nitrogens with one attached hydrogen (secondary N) is 3. The van der Waals surface area contributed by atoms with Crippen molar-refractivity contribution in [2.24, 2.45) is 0 Å². The lowest BCUT2D eigenvalue weighted by Gasteiger charge is -2.25. The number of nitrogens with zero attached hydrogens (tertiary/aromatic N) is 1. The normalized spacial score (nSPS) is 20.9. The van der Waals surface area contributed by atoms with Crippen molar-refractivity contribution in [3.8, 4) is 0 Å². The van der Waals surface area contributed by atoms with Crippen molar-refractivity contribution < 1.29 is 4.79 Å². The largest absolute Gasteiger partial charge is 0.335 e. The molecule has 0 aliphatic carbocycles. The van der Waals surface area contributed by atoms with Crippen molar-refractivity contribution in [1.29, 1.82) is 0 Å². The summed E-state index contributed by atoms with van der Waals surface area (Å²) in [6.45, 7) is 2.58. The Kier molecular flexibility index (Phi) is 3.26. The molecule has 80 valence electrons. The fraction of sp³-hybridized carbons (Fsp3) is 0.400. The maximum Gasteiger partial charge on any atom is 0.252 e. The summed E-state index contributed by atoms with van der Waals surface area (Å²) in [6, 6.07) is 3.40. The summed E-state index contributed by atoms with van der Waals surface area (Å²) in [7, 11) is 0. The van der Waals surface area contributed by atoms with Crippen molar-refractivity contribution in [3.05, 3.63) is 30.1 Å². The maximum atomic E-state index is 11.7. The van der Waals surface area contributed by atoms with Crippen molar-refractivity contribution in [1.82, 2.24) is 20.9 Å². The summed E-state index contributed by atoms with van der Waals surface area (Å²) in [5.74, 6) is -0.0707. The van der Waals surface area contributed by atoms with Crippen LogP contribution in [-0.2, 0) is 0 Å². The van der Waals surface area contributed by atoms with Crippen LogP contribution in [0.25, 0.3) is 0 Å². The number of amides is 1. The van der Waals surface area contributed by atoms with E-state index in [1.165, 1.54) is 0 Å². The van der Waals surface area contributed by atoms with E-state index in [0.717, 1.165) is 19.6 Å². The highest BCUT2D eigenvalue weighted by Crippen LogP contribution is 1.96. The molecular formula is C10H14N4O. The number of hydrogen-bond acceptors (Lipinski definition) is 4. The van der Waals surface area contributed by atoms with E-state index < -0.39 is 0 Å². The Hall–Kier alpha value is -1.46. The molecular weight excluding hydrogens is 192 g/mol. The number of aromatic nitrogens is 1. The molecule has 1 atom stereocenters. The molecule has 5 nitrogen and oxygen atoms in total. The Balaban J connectivity index is 1.91. The predicted molar refractivity (Wildman–Crippen MR) is 56.4 cm³/mol. The predicted octanol–water partition coefficient (Wildman–Crippen LogP) is -0.670. The zero-order valence-electron chi connectivity index (χ0n) is 8.36. The van der Waals surface area contributed by atoms with Crippen LogP contribution in [0.4, 0.5) is 0 Å². The van der Waals surface area contributed by atoms with Crippen LogP contribution in [0.3, 0.4) is 0 Å². The van der Waals surface area contributed by atoms with Crippen LogP contribution in [-0.4, -0.2) is 36.7 Å². The number of hydrogen-bond donors (Lipinski definition) is 3. The smallest absolute Gasteiger partial charge is 0.252 e. The fourth-order valence-electron chi connectivity index (χ4n) is 1.50. The van der Waals surface area contributed by atoms with Gasteiger partial charge in [-0.3, -0.25) is 15.1 Å². The molecule has 0 saturated carbocycles. The van der Waals surface area contributed by atoms with Crippen molar-refractivity contribution in [2.45, 2.75) is 6.17 Å². The third kappa shape index (κ3) is 2.74. The number of piperazine rings is 1. The number of pyridine rings is 1. The van der Waals surface area contributed by atoms with Gasteiger partial charge in [-0.25, -0.2) is 0 Å². The summed E-state index contributed by atoms with van der Waals surface area (Å²) in [5.41, 5.74) is 0.636. The van der Waals surface area contributed by atoms with Gasteiger partial charge in [0.15, 0.2) is 0 Å². The fourth-order valence-corrected chi connectivity index (χ4v) is 1.50. The zero-order valence-corrected chi connectivity index (χ0v) is 8.36. The van der Waals surface area contributed by atoms with E-state index in [2.05, 4.69) is 20.9 Å². The van der Waals surface area contributed by atoms with Gasteiger partial charge in [0.05, 0.1) is 6.17 Å². The molecule has 2 rings (SSSR count). The van der Waals surface area contributed by atoms with Gasteiger partial charge < -0.3 is 10.6 Å². The lowest BCUT2D eigenvalue weighted by Crippen LogP contribution is -2.57. The van der Waals surface area contributed by atoms with Crippen molar-refractivity contribution in [3.63, 3.8) is 0 Å². The topological polar surface area (TPSA) is 66.1 Å². The van der Waals surface area contributed by atoms with Gasteiger partial charge in [0, 0.05) is 37.6 Å². The van der Waals surface area contributed by atoms with Gasteiger partial charge in [0.25, 0.3) is 5.91 Å². The van der Waals surface area contributed by atoms with E-state index in [9.17, 15) is 4.79 Å². The summed E-state index contributed by atoms with van der Waals surface area (Å²) in [6.07, 6.45) is 3.24. The van der Waals surface area contributed by atoms with Gasteiger partial charge in [0.2, 0.25) is 0 Å². The van der Waals surface area contributed by atoms with Crippen molar-refractivity contribution >= 4 is 5.91 Å². The van der Waals surface area contributed by atoms with Gasteiger partial charge in [-0.05, 0) is 12.1 Å². The Morgan fingerprint density at radius 1 is 1.40 bits per heavy atom. The van der Waals surface area contributed by atoms with Crippen LogP contribution in [0.2, 0.25) is 0 Å². The van der Waals surface area contributed by atoms with E-state index >= 15 is 0 Å². The second kappa shape index (κ2) is 4.86. The van der Waals surface area contributed by atoms with Crippen molar-refractivity contribution in [2.75, 3.05) is 19.6 Å². The molecule has 1 fully saturated rings. The summed E-state index contributed by atoms with van der Waals surface area (Å²) < 4.78 is 0. The van der Waals surface area contributed by atoms with Gasteiger partial charge >= 0.3 is 0 Å². The molecule has 2 heterocycles. The quantitative estimate of drug-likeness (QED) is 0.600. The first-order valence-electron chi connectivity index (χ1n) is 5.01. The molecule has 1 saturated heterocycles. The van der Waals surface area contributed by atoms with Crippen LogP contribution in [0.15, 0.2) is 24.5 Å². The third-order valence-electron chi connectivity index (χ3n) is 2.29. The average molecular weight is 206 g/mol. The Morgan fingerprint density at radius 3 is 2.87 bits per heavy atom. The van der Waals surface area contributed by atoms with E-state index in [-0.39, 0.29) is 12.1 Å². The lowest BCUT2D eigenvalue weighted by molar-refractivity contribution is 0.0925. The number of rotatable bonds is 2. The molecule has 1 unspecified atom stereocenters. The zero-order chi connectivity index (χ0) is 10.5. The van der Waals surface area contributed by atoms with E-state index in [1.807, 2.05) is 0 Å². The molecule has 15 heavy (non-hydrogen) atoms. The SMILES string of the molecule is O=C(NC1CNCCN1)c1ccncc1. The molecule has 1 amide bonds. The Morgan fingerprint density at radius 2 is 2.20 bits per heavy atom. The highest BCUT2D eigenvalue weighted by Gasteiger charge is 2.14. The summed E-state index contributed by atoms with van der Waals surface area (Å²) in [4.78, 5) is 15.6. The third-order valence-corrected chi connectivity index (χ3v) is 2.29. The van der Waals surface area contributed by atoms with Gasteiger partial charge in [-0.15, -0.1) is 0 Å². The second-order valence-corrected chi connectivity index (χ2v) is 3.42. The molecule has 3 N–H and O–H groups in total. The average Bonchev–Trinajstić information content (AvgIpc) is 2.31. The van der Waals surface area contributed by atoms with Gasteiger partial charge in [-0.2, -0.15) is 0 Å². The Labute approximate surface area is 88.3 Å². The number of carbonyl (C=O) groups is 1. The lowest BCUT2D eigenvalue weighted by atomic mass is 10.2. The molecule has 0 bridgehead atoms. The highest BCUT2D eigenvalue weighted by molar-refractivity contribution is 5.94. The van der Waals surface area contributed by atoms with Crippen LogP contribution in [0, 0.1) is 0 Å². The van der Waals surface area contributed by atoms with Crippen LogP contribution >= 0.6 is 0 Å². The van der Waals surface area contributed by atoms with E-state index in [1.54, 1.807) is 24.5 Å². The van der Waals surface area contributed by atoms with Crippen LogP contribution < -0.4 is 16.0 Å². The molecule has 5 heteroatoms. The Bertz CT molecular complexity index is 321. The maximum absolute atomic E-state index is 11.7. The first kappa shape index (κ1) is 10.1. The summed E-state index contributed by atoms with van der Waals surface area (Å²) in [5, 5.41) is 9.31. The molecule has 1 aliphatic rings. The van der Waals surface area contributed by atoms with Crippen LogP contribution in [0.5, 0.6) is 0 Å².